The molecule has 0 aliphatic carbocycles. The summed E-state index contributed by atoms with van der Waals surface area (Å²) in [7, 11) is 0. The molecule has 0 spiro atoms. The van der Waals surface area contributed by atoms with Gasteiger partial charge >= 0.3 is 0 Å². The Morgan fingerprint density at radius 3 is 2.11 bits per heavy atom. The highest BCUT2D eigenvalue weighted by Gasteiger charge is 2.17. The lowest BCUT2D eigenvalue weighted by molar-refractivity contribution is 0.880. The Morgan fingerprint density at radius 2 is 1.56 bits per heavy atom. The Labute approximate surface area is 107 Å². The lowest BCUT2D eigenvalue weighted by Gasteiger charge is -2.17. The van der Waals surface area contributed by atoms with Crippen molar-refractivity contribution in [2.45, 2.75) is 13.1 Å². The second-order valence-electron chi connectivity index (χ2n) is 4.49. The first-order valence-electron chi connectivity index (χ1n) is 6.02. The number of hydrogen-bond acceptors (Lipinski definition) is 3. The standard InChI is InChI=1S/C15H15N3/c16-17-9-12-5-7-15(8-6-12)18-10-13-3-1-2-4-14(13)11-18/h1-9H,10-11,16H2/b17-9+. The lowest BCUT2D eigenvalue weighted by Crippen LogP contribution is -2.14. The summed E-state index contributed by atoms with van der Waals surface area (Å²) in [6.45, 7) is 1.97. The van der Waals surface area contributed by atoms with Crippen molar-refractivity contribution in [3.05, 3.63) is 65.2 Å². The van der Waals surface area contributed by atoms with E-state index in [0.29, 0.717) is 0 Å². The molecule has 0 radical (unpaired) electrons. The van der Waals surface area contributed by atoms with Gasteiger partial charge in [0.05, 0.1) is 6.21 Å². The predicted molar refractivity (Wildman–Crippen MR) is 74.6 cm³/mol. The lowest BCUT2D eigenvalue weighted by atomic mass is 10.1. The Morgan fingerprint density at radius 1 is 0.944 bits per heavy atom. The maximum Gasteiger partial charge on any atom is 0.0538 e. The molecule has 3 heteroatoms. The quantitative estimate of drug-likeness (QED) is 0.495. The van der Waals surface area contributed by atoms with E-state index < -0.39 is 0 Å². The molecule has 3 rings (SSSR count). The number of rotatable bonds is 2. The van der Waals surface area contributed by atoms with E-state index in [0.717, 1.165) is 18.7 Å². The molecule has 90 valence electrons. The normalized spacial score (nSPS) is 14.1. The number of fused-ring (bicyclic) bond motifs is 1. The van der Waals surface area contributed by atoms with Crippen LogP contribution in [-0.2, 0) is 13.1 Å². The SMILES string of the molecule is N/N=C/c1ccc(N2Cc3ccccc3C2)cc1. The second-order valence-corrected chi connectivity index (χ2v) is 4.49. The summed E-state index contributed by atoms with van der Waals surface area (Å²) < 4.78 is 0. The fourth-order valence-electron chi connectivity index (χ4n) is 2.37. The van der Waals surface area contributed by atoms with Crippen molar-refractivity contribution in [1.82, 2.24) is 0 Å². The molecule has 1 aliphatic heterocycles. The molecule has 2 aromatic rings. The van der Waals surface area contributed by atoms with Crippen molar-refractivity contribution in [2.24, 2.45) is 10.9 Å². The average Bonchev–Trinajstić information content (AvgIpc) is 2.84. The fourth-order valence-corrected chi connectivity index (χ4v) is 2.37. The minimum Gasteiger partial charge on any atom is -0.363 e. The Hall–Kier alpha value is -2.29. The van der Waals surface area contributed by atoms with E-state index >= 15 is 0 Å². The Balaban J connectivity index is 1.82. The van der Waals surface area contributed by atoms with Gasteiger partial charge in [-0.05, 0) is 28.8 Å². The van der Waals surface area contributed by atoms with Gasteiger partial charge in [0.2, 0.25) is 0 Å². The molecule has 0 atom stereocenters. The highest BCUT2D eigenvalue weighted by molar-refractivity contribution is 5.80. The fraction of sp³-hybridized carbons (Fsp3) is 0.133. The first kappa shape index (κ1) is 10.8. The van der Waals surface area contributed by atoms with Crippen LogP contribution in [0.15, 0.2) is 53.6 Å². The Kier molecular flexibility index (Phi) is 2.73. The van der Waals surface area contributed by atoms with Gasteiger partial charge in [0.25, 0.3) is 0 Å². The van der Waals surface area contributed by atoms with Crippen LogP contribution in [-0.4, -0.2) is 6.21 Å². The number of nitrogens with zero attached hydrogens (tertiary/aromatic N) is 2. The number of benzene rings is 2. The molecule has 0 aromatic heterocycles. The van der Waals surface area contributed by atoms with Crippen LogP contribution in [0, 0.1) is 0 Å². The molecule has 0 saturated heterocycles. The van der Waals surface area contributed by atoms with Crippen LogP contribution < -0.4 is 10.7 Å². The summed E-state index contributed by atoms with van der Waals surface area (Å²) in [5, 5.41) is 3.53. The first-order valence-corrected chi connectivity index (χ1v) is 6.02. The summed E-state index contributed by atoms with van der Waals surface area (Å²) in [6.07, 6.45) is 1.66. The minimum atomic E-state index is 0.987. The monoisotopic (exact) mass is 237 g/mol. The van der Waals surface area contributed by atoms with E-state index in [9.17, 15) is 0 Å². The average molecular weight is 237 g/mol. The molecule has 1 heterocycles. The van der Waals surface area contributed by atoms with Crippen LogP contribution in [0.2, 0.25) is 0 Å². The molecule has 0 fully saturated rings. The molecule has 1 aliphatic rings. The molecular formula is C15H15N3. The maximum absolute atomic E-state index is 5.14. The molecule has 0 saturated carbocycles. The van der Waals surface area contributed by atoms with Gasteiger partial charge in [-0.25, -0.2) is 0 Å². The van der Waals surface area contributed by atoms with Crippen LogP contribution in [0.4, 0.5) is 5.69 Å². The highest BCUT2D eigenvalue weighted by atomic mass is 15.1. The predicted octanol–water partition coefficient (Wildman–Crippen LogP) is 2.50. The van der Waals surface area contributed by atoms with Crippen LogP contribution in [0.25, 0.3) is 0 Å². The number of anilines is 1. The molecule has 0 amide bonds. The van der Waals surface area contributed by atoms with E-state index in [2.05, 4.69) is 46.4 Å². The zero-order valence-electron chi connectivity index (χ0n) is 10.1. The van der Waals surface area contributed by atoms with Crippen molar-refractivity contribution < 1.29 is 0 Å². The summed E-state index contributed by atoms with van der Waals surface area (Å²) in [4.78, 5) is 2.37. The smallest absolute Gasteiger partial charge is 0.0538 e. The largest absolute Gasteiger partial charge is 0.363 e. The highest BCUT2D eigenvalue weighted by Crippen LogP contribution is 2.27. The van der Waals surface area contributed by atoms with Gasteiger partial charge in [0.1, 0.15) is 0 Å². The molecule has 3 nitrogen and oxygen atoms in total. The minimum absolute atomic E-state index is 0.987. The topological polar surface area (TPSA) is 41.6 Å². The third kappa shape index (κ3) is 1.95. The summed E-state index contributed by atoms with van der Waals surface area (Å²) in [5.74, 6) is 5.14. The third-order valence-electron chi connectivity index (χ3n) is 3.32. The summed E-state index contributed by atoms with van der Waals surface area (Å²) in [6, 6.07) is 16.9. The van der Waals surface area contributed by atoms with E-state index in [1.807, 2.05) is 12.1 Å². The molecule has 0 bridgehead atoms. The van der Waals surface area contributed by atoms with Crippen molar-refractivity contribution in [1.29, 1.82) is 0 Å². The van der Waals surface area contributed by atoms with Crippen LogP contribution in [0.3, 0.4) is 0 Å². The van der Waals surface area contributed by atoms with Gasteiger partial charge in [-0.2, -0.15) is 5.10 Å². The van der Waals surface area contributed by atoms with E-state index in [1.54, 1.807) is 6.21 Å². The molecular weight excluding hydrogens is 222 g/mol. The van der Waals surface area contributed by atoms with Crippen LogP contribution in [0.1, 0.15) is 16.7 Å². The molecule has 2 aromatic carbocycles. The van der Waals surface area contributed by atoms with Gasteiger partial charge < -0.3 is 10.7 Å². The third-order valence-corrected chi connectivity index (χ3v) is 3.32. The second kappa shape index (κ2) is 4.53. The zero-order chi connectivity index (χ0) is 12.4. The summed E-state index contributed by atoms with van der Waals surface area (Å²) in [5.41, 5.74) is 5.11. The molecule has 18 heavy (non-hydrogen) atoms. The van der Waals surface area contributed by atoms with E-state index in [4.69, 9.17) is 5.84 Å². The van der Waals surface area contributed by atoms with Crippen LogP contribution >= 0.6 is 0 Å². The van der Waals surface area contributed by atoms with Crippen molar-refractivity contribution in [2.75, 3.05) is 4.90 Å². The first-order chi connectivity index (χ1) is 8.86. The van der Waals surface area contributed by atoms with Gasteiger partial charge in [-0.1, -0.05) is 36.4 Å². The molecule has 0 unspecified atom stereocenters. The Bertz CT molecular complexity index is 548. The number of hydrogen-bond donors (Lipinski definition) is 1. The van der Waals surface area contributed by atoms with Gasteiger partial charge in [-0.15, -0.1) is 0 Å². The number of hydrazone groups is 1. The van der Waals surface area contributed by atoms with E-state index in [-0.39, 0.29) is 0 Å². The van der Waals surface area contributed by atoms with E-state index in [1.165, 1.54) is 16.8 Å². The number of nitrogens with two attached hydrogens (primary N) is 1. The van der Waals surface area contributed by atoms with Crippen molar-refractivity contribution in [3.8, 4) is 0 Å². The van der Waals surface area contributed by atoms with Crippen LogP contribution in [0.5, 0.6) is 0 Å². The van der Waals surface area contributed by atoms with Gasteiger partial charge in [-0.3, -0.25) is 0 Å². The zero-order valence-corrected chi connectivity index (χ0v) is 10.1. The van der Waals surface area contributed by atoms with Gasteiger partial charge in [0, 0.05) is 18.8 Å². The van der Waals surface area contributed by atoms with Crippen molar-refractivity contribution in [3.63, 3.8) is 0 Å². The molecule has 2 N–H and O–H groups in total. The van der Waals surface area contributed by atoms with Crippen molar-refractivity contribution >= 4 is 11.9 Å². The summed E-state index contributed by atoms with van der Waals surface area (Å²) >= 11 is 0. The maximum atomic E-state index is 5.14. The van der Waals surface area contributed by atoms with Gasteiger partial charge in [0.15, 0.2) is 0 Å².